The molecule has 0 bridgehead atoms. The molecule has 0 aromatic heterocycles. The van der Waals surface area contributed by atoms with E-state index in [9.17, 15) is 13.6 Å². The fourth-order valence-corrected chi connectivity index (χ4v) is 0.182. The lowest BCUT2D eigenvalue weighted by molar-refractivity contribution is -0.129. The number of carboxylic acid groups (broad SMARTS) is 1. The Hall–Kier alpha value is -1.20. The van der Waals surface area contributed by atoms with E-state index in [1.165, 1.54) is 0 Å². The first-order valence-corrected chi connectivity index (χ1v) is 2.29. The minimum Gasteiger partial charge on any atom is -0.477 e. The summed E-state index contributed by atoms with van der Waals surface area (Å²) in [6.45, 7) is -0.885. The van der Waals surface area contributed by atoms with E-state index in [4.69, 9.17) is 5.11 Å². The standard InChI is InChI=1S/C4H5F2NO3/c5-3(6)2-10-7-1-4(8)9/h1,3H,2H2,(H,8,9). The van der Waals surface area contributed by atoms with Gasteiger partial charge in [0.1, 0.15) is 0 Å². The van der Waals surface area contributed by atoms with Gasteiger partial charge in [0.15, 0.2) is 12.8 Å². The van der Waals surface area contributed by atoms with Gasteiger partial charge in [0, 0.05) is 0 Å². The summed E-state index contributed by atoms with van der Waals surface area (Å²) in [6, 6.07) is 0. The molecule has 6 heteroatoms. The number of carboxylic acids is 1. The van der Waals surface area contributed by atoms with E-state index in [2.05, 4.69) is 9.99 Å². The maximum absolute atomic E-state index is 11.2. The molecule has 0 amide bonds. The molecule has 0 spiro atoms. The Bertz CT molecular complexity index is 136. The minimum atomic E-state index is -2.63. The Morgan fingerprint density at radius 3 is 2.80 bits per heavy atom. The number of carbonyl (C=O) groups is 1. The van der Waals surface area contributed by atoms with Crippen molar-refractivity contribution in [2.24, 2.45) is 5.16 Å². The molecule has 58 valence electrons. The van der Waals surface area contributed by atoms with Gasteiger partial charge in [-0.05, 0) is 0 Å². The first-order valence-electron chi connectivity index (χ1n) is 2.29. The molecule has 0 aliphatic carbocycles. The van der Waals surface area contributed by atoms with Crippen LogP contribution in [0.15, 0.2) is 5.16 Å². The average molecular weight is 153 g/mol. The van der Waals surface area contributed by atoms with E-state index in [1.54, 1.807) is 0 Å². The van der Waals surface area contributed by atoms with Crippen LogP contribution in [0.5, 0.6) is 0 Å². The topological polar surface area (TPSA) is 58.9 Å². The zero-order valence-electron chi connectivity index (χ0n) is 4.83. The Balaban J connectivity index is 3.27. The van der Waals surface area contributed by atoms with Crippen LogP contribution in [0.25, 0.3) is 0 Å². The number of rotatable bonds is 4. The lowest BCUT2D eigenvalue weighted by Gasteiger charge is -1.93. The highest BCUT2D eigenvalue weighted by molar-refractivity contribution is 6.21. The van der Waals surface area contributed by atoms with Crippen LogP contribution in [0.4, 0.5) is 8.78 Å². The van der Waals surface area contributed by atoms with Gasteiger partial charge in [0.25, 0.3) is 6.43 Å². The molecular formula is C4H5F2NO3. The van der Waals surface area contributed by atoms with E-state index in [1.807, 2.05) is 0 Å². The molecule has 0 radical (unpaired) electrons. The van der Waals surface area contributed by atoms with Gasteiger partial charge >= 0.3 is 5.97 Å². The third kappa shape index (κ3) is 6.80. The Morgan fingerprint density at radius 1 is 1.80 bits per heavy atom. The van der Waals surface area contributed by atoms with E-state index in [0.717, 1.165) is 0 Å². The largest absolute Gasteiger partial charge is 0.477 e. The molecule has 0 saturated carbocycles. The quantitative estimate of drug-likeness (QED) is 0.468. The summed E-state index contributed by atoms with van der Waals surface area (Å²) in [4.78, 5) is 13.5. The number of aliphatic carboxylic acids is 1. The fourth-order valence-electron chi connectivity index (χ4n) is 0.182. The van der Waals surface area contributed by atoms with Crippen LogP contribution in [0, 0.1) is 0 Å². The van der Waals surface area contributed by atoms with Crippen molar-refractivity contribution in [3.63, 3.8) is 0 Å². The number of oxime groups is 1. The molecule has 0 atom stereocenters. The van der Waals surface area contributed by atoms with Gasteiger partial charge < -0.3 is 9.94 Å². The van der Waals surface area contributed by atoms with Crippen LogP contribution in [0.1, 0.15) is 0 Å². The third-order valence-electron chi connectivity index (χ3n) is 0.438. The molecule has 1 N–H and O–H groups in total. The van der Waals surface area contributed by atoms with Crippen molar-refractivity contribution >= 4 is 12.2 Å². The molecule has 4 nitrogen and oxygen atoms in total. The number of alkyl halides is 2. The summed E-state index contributed by atoms with van der Waals surface area (Å²) in [5.74, 6) is -1.34. The highest BCUT2D eigenvalue weighted by Gasteiger charge is 2.00. The second-order valence-corrected chi connectivity index (χ2v) is 1.26. The lowest BCUT2D eigenvalue weighted by atomic mass is 10.8. The number of hydrogen-bond donors (Lipinski definition) is 1. The molecule has 0 aromatic rings. The van der Waals surface area contributed by atoms with Crippen LogP contribution in [0.2, 0.25) is 0 Å². The van der Waals surface area contributed by atoms with Crippen LogP contribution in [-0.4, -0.2) is 30.3 Å². The zero-order chi connectivity index (χ0) is 7.98. The molecule has 0 saturated heterocycles. The third-order valence-corrected chi connectivity index (χ3v) is 0.438. The number of nitrogens with zero attached hydrogens (tertiary/aromatic N) is 1. The first kappa shape index (κ1) is 8.80. The Morgan fingerprint density at radius 2 is 2.40 bits per heavy atom. The van der Waals surface area contributed by atoms with Crippen LogP contribution in [0.3, 0.4) is 0 Å². The SMILES string of the molecule is O=C(O)C=NOCC(F)F. The summed E-state index contributed by atoms with van der Waals surface area (Å²) in [5.41, 5.74) is 0. The Labute approximate surface area is 55.1 Å². The molecule has 0 unspecified atom stereocenters. The summed E-state index contributed by atoms with van der Waals surface area (Å²) >= 11 is 0. The van der Waals surface area contributed by atoms with E-state index in [-0.39, 0.29) is 0 Å². The van der Waals surface area contributed by atoms with Crippen molar-refractivity contribution in [2.75, 3.05) is 6.61 Å². The minimum absolute atomic E-state index is 0.391. The summed E-state index contributed by atoms with van der Waals surface area (Å²) in [5, 5.41) is 10.6. The maximum Gasteiger partial charge on any atom is 0.350 e. The van der Waals surface area contributed by atoms with Gasteiger partial charge in [-0.3, -0.25) is 0 Å². The first-order chi connectivity index (χ1) is 4.63. The fraction of sp³-hybridized carbons (Fsp3) is 0.500. The highest BCUT2D eigenvalue weighted by Crippen LogP contribution is 1.91. The number of hydrogen-bond acceptors (Lipinski definition) is 3. The van der Waals surface area contributed by atoms with Crippen molar-refractivity contribution in [1.29, 1.82) is 0 Å². The predicted molar refractivity (Wildman–Crippen MR) is 28.1 cm³/mol. The lowest BCUT2D eigenvalue weighted by Crippen LogP contribution is -2.02. The highest BCUT2D eigenvalue weighted by atomic mass is 19.3. The molecule has 0 aliphatic heterocycles. The molecule has 0 heterocycles. The number of halogens is 2. The normalized spacial score (nSPS) is 10.7. The second-order valence-electron chi connectivity index (χ2n) is 1.26. The molecular weight excluding hydrogens is 148 g/mol. The van der Waals surface area contributed by atoms with Crippen molar-refractivity contribution in [2.45, 2.75) is 6.43 Å². The van der Waals surface area contributed by atoms with Gasteiger partial charge in [0.05, 0.1) is 0 Å². The van der Waals surface area contributed by atoms with Gasteiger partial charge in [-0.25, -0.2) is 13.6 Å². The second kappa shape index (κ2) is 4.66. The van der Waals surface area contributed by atoms with Gasteiger partial charge in [-0.1, -0.05) is 5.16 Å². The van der Waals surface area contributed by atoms with E-state index < -0.39 is 19.0 Å². The van der Waals surface area contributed by atoms with Gasteiger partial charge in [0.2, 0.25) is 0 Å². The van der Waals surface area contributed by atoms with Gasteiger partial charge in [-0.2, -0.15) is 0 Å². The molecule has 10 heavy (non-hydrogen) atoms. The molecule has 0 rings (SSSR count). The predicted octanol–water partition coefficient (Wildman–Crippen LogP) is 0.338. The summed E-state index contributed by atoms with van der Waals surface area (Å²) < 4.78 is 22.4. The smallest absolute Gasteiger partial charge is 0.350 e. The van der Waals surface area contributed by atoms with Crippen LogP contribution in [-0.2, 0) is 9.63 Å². The van der Waals surface area contributed by atoms with Crippen molar-refractivity contribution in [3.05, 3.63) is 0 Å². The molecule has 0 aliphatic rings. The summed E-state index contributed by atoms with van der Waals surface area (Å²) in [6.07, 6.45) is -2.24. The average Bonchev–Trinajstić information content (AvgIpc) is 1.79. The maximum atomic E-state index is 11.2. The van der Waals surface area contributed by atoms with Crippen LogP contribution >= 0.6 is 0 Å². The van der Waals surface area contributed by atoms with E-state index >= 15 is 0 Å². The Kier molecular flexibility index (Phi) is 4.10. The van der Waals surface area contributed by atoms with E-state index in [0.29, 0.717) is 6.21 Å². The van der Waals surface area contributed by atoms with Crippen LogP contribution < -0.4 is 0 Å². The monoisotopic (exact) mass is 153 g/mol. The molecule has 0 fully saturated rings. The van der Waals surface area contributed by atoms with Crippen molar-refractivity contribution in [3.8, 4) is 0 Å². The van der Waals surface area contributed by atoms with Gasteiger partial charge in [-0.15, -0.1) is 0 Å². The van der Waals surface area contributed by atoms with Crippen molar-refractivity contribution < 1.29 is 23.5 Å². The molecule has 0 aromatic carbocycles. The zero-order valence-corrected chi connectivity index (χ0v) is 4.83. The summed E-state index contributed by atoms with van der Waals surface area (Å²) in [7, 11) is 0. The van der Waals surface area contributed by atoms with Crippen molar-refractivity contribution in [1.82, 2.24) is 0 Å².